The molecular formula is C12H20O2Si. The van der Waals surface area contributed by atoms with E-state index in [0.717, 1.165) is 12.2 Å². The van der Waals surface area contributed by atoms with Gasteiger partial charge in [-0.25, -0.2) is 0 Å². The monoisotopic (exact) mass is 224 g/mol. The topological polar surface area (TPSA) is 29.5 Å². The molecule has 0 saturated heterocycles. The van der Waals surface area contributed by atoms with Crippen LogP contribution in [0.3, 0.4) is 0 Å². The van der Waals surface area contributed by atoms with Gasteiger partial charge in [-0.3, -0.25) is 0 Å². The maximum atomic E-state index is 9.50. The summed E-state index contributed by atoms with van der Waals surface area (Å²) in [6.07, 6.45) is 0. The molecule has 1 aromatic carbocycles. The van der Waals surface area contributed by atoms with Crippen LogP contribution >= 0.6 is 0 Å². The van der Waals surface area contributed by atoms with Crippen molar-refractivity contribution >= 4 is 8.07 Å². The maximum Gasteiger partial charge on any atom is 0.121 e. The van der Waals surface area contributed by atoms with Crippen molar-refractivity contribution in [1.29, 1.82) is 0 Å². The van der Waals surface area contributed by atoms with Crippen molar-refractivity contribution in [3.63, 3.8) is 0 Å². The first kappa shape index (κ1) is 12.3. The minimum Gasteiger partial charge on any atom is -0.508 e. The van der Waals surface area contributed by atoms with Crippen molar-refractivity contribution in [3.05, 3.63) is 29.8 Å². The molecule has 0 radical (unpaired) electrons. The number of hydrogen-bond acceptors (Lipinski definition) is 2. The van der Waals surface area contributed by atoms with Crippen LogP contribution in [-0.4, -0.2) is 19.8 Å². The molecule has 0 spiro atoms. The molecule has 84 valence electrons. The third-order valence-electron chi connectivity index (χ3n) is 2.25. The minimum absolute atomic E-state index is 0.325. The Morgan fingerprint density at radius 1 is 1.20 bits per heavy atom. The van der Waals surface area contributed by atoms with Crippen LogP contribution in [0.4, 0.5) is 0 Å². The quantitative estimate of drug-likeness (QED) is 0.614. The Balaban J connectivity index is 2.30. The van der Waals surface area contributed by atoms with Gasteiger partial charge in [0.15, 0.2) is 0 Å². The standard InChI is InChI=1S/C12H20O2Si/c1-15(2,3)9-8-14-10-11-6-4-5-7-12(11)13/h4-7,13H,8-10H2,1-3H3. The lowest BCUT2D eigenvalue weighted by molar-refractivity contribution is 0.131. The zero-order chi connectivity index (χ0) is 11.3. The normalized spacial score (nSPS) is 11.7. The number of rotatable bonds is 5. The van der Waals surface area contributed by atoms with Gasteiger partial charge in [0.05, 0.1) is 6.61 Å². The highest BCUT2D eigenvalue weighted by atomic mass is 28.3. The van der Waals surface area contributed by atoms with Crippen LogP contribution < -0.4 is 0 Å². The van der Waals surface area contributed by atoms with E-state index in [1.165, 1.54) is 6.04 Å². The lowest BCUT2D eigenvalue weighted by Crippen LogP contribution is -2.21. The highest BCUT2D eigenvalue weighted by Crippen LogP contribution is 2.17. The molecule has 15 heavy (non-hydrogen) atoms. The molecule has 0 unspecified atom stereocenters. The van der Waals surface area contributed by atoms with E-state index in [9.17, 15) is 5.11 Å². The first-order chi connectivity index (χ1) is 6.99. The van der Waals surface area contributed by atoms with Crippen LogP contribution in [0.5, 0.6) is 5.75 Å². The Hall–Kier alpha value is -0.803. The van der Waals surface area contributed by atoms with Crippen LogP contribution in [0.15, 0.2) is 24.3 Å². The van der Waals surface area contributed by atoms with E-state index in [-0.39, 0.29) is 0 Å². The molecule has 1 aromatic rings. The average molecular weight is 224 g/mol. The smallest absolute Gasteiger partial charge is 0.121 e. The minimum atomic E-state index is -0.996. The van der Waals surface area contributed by atoms with Gasteiger partial charge in [-0.15, -0.1) is 0 Å². The lowest BCUT2D eigenvalue weighted by atomic mass is 10.2. The third kappa shape index (κ3) is 5.00. The molecule has 0 atom stereocenters. The highest BCUT2D eigenvalue weighted by Gasteiger charge is 2.12. The van der Waals surface area contributed by atoms with Crippen molar-refractivity contribution in [2.24, 2.45) is 0 Å². The zero-order valence-corrected chi connectivity index (χ0v) is 10.8. The number of benzene rings is 1. The Morgan fingerprint density at radius 3 is 2.47 bits per heavy atom. The second-order valence-electron chi connectivity index (χ2n) is 4.99. The summed E-state index contributed by atoms with van der Waals surface area (Å²) < 4.78 is 5.55. The summed E-state index contributed by atoms with van der Waals surface area (Å²) in [5.41, 5.74) is 0.869. The second kappa shape index (κ2) is 5.33. The van der Waals surface area contributed by atoms with Crippen LogP contribution in [0.1, 0.15) is 5.56 Å². The molecule has 3 heteroatoms. The van der Waals surface area contributed by atoms with E-state index in [0.29, 0.717) is 12.4 Å². The third-order valence-corrected chi connectivity index (χ3v) is 3.95. The largest absolute Gasteiger partial charge is 0.508 e. The molecular weight excluding hydrogens is 204 g/mol. The van der Waals surface area contributed by atoms with E-state index >= 15 is 0 Å². The Labute approximate surface area is 92.9 Å². The summed E-state index contributed by atoms with van der Waals surface area (Å²) in [6.45, 7) is 8.30. The van der Waals surface area contributed by atoms with E-state index in [1.54, 1.807) is 6.07 Å². The number of phenolic OH excluding ortho intramolecular Hbond substituents is 1. The van der Waals surface area contributed by atoms with E-state index in [2.05, 4.69) is 19.6 Å². The fourth-order valence-corrected chi connectivity index (χ4v) is 1.95. The number of phenols is 1. The first-order valence-electron chi connectivity index (χ1n) is 5.34. The van der Waals surface area contributed by atoms with Crippen LogP contribution in [0, 0.1) is 0 Å². The molecule has 2 nitrogen and oxygen atoms in total. The van der Waals surface area contributed by atoms with Gasteiger partial charge in [0, 0.05) is 20.2 Å². The van der Waals surface area contributed by atoms with Crippen molar-refractivity contribution in [1.82, 2.24) is 0 Å². The SMILES string of the molecule is C[Si](C)(C)CCOCc1ccccc1O. The maximum absolute atomic E-state index is 9.50. The molecule has 0 fully saturated rings. The van der Waals surface area contributed by atoms with Gasteiger partial charge in [0.2, 0.25) is 0 Å². The molecule has 0 amide bonds. The summed E-state index contributed by atoms with van der Waals surface area (Å²) in [6, 6.07) is 8.49. The fourth-order valence-electron chi connectivity index (χ4n) is 1.19. The van der Waals surface area contributed by atoms with Gasteiger partial charge in [-0.05, 0) is 12.1 Å². The van der Waals surface area contributed by atoms with Crippen molar-refractivity contribution < 1.29 is 9.84 Å². The molecule has 1 N–H and O–H groups in total. The van der Waals surface area contributed by atoms with Gasteiger partial charge >= 0.3 is 0 Å². The molecule has 0 aliphatic rings. The van der Waals surface area contributed by atoms with Crippen LogP contribution in [0.2, 0.25) is 25.7 Å². The molecule has 0 heterocycles. The van der Waals surface area contributed by atoms with Gasteiger partial charge in [0.1, 0.15) is 5.75 Å². The van der Waals surface area contributed by atoms with Crippen molar-refractivity contribution in [2.75, 3.05) is 6.61 Å². The highest BCUT2D eigenvalue weighted by molar-refractivity contribution is 6.76. The Kier molecular flexibility index (Phi) is 4.36. The summed E-state index contributed by atoms with van der Waals surface area (Å²) >= 11 is 0. The van der Waals surface area contributed by atoms with Gasteiger partial charge in [-0.2, -0.15) is 0 Å². The van der Waals surface area contributed by atoms with Crippen LogP contribution in [0.25, 0.3) is 0 Å². The van der Waals surface area contributed by atoms with Crippen molar-refractivity contribution in [3.8, 4) is 5.75 Å². The predicted molar refractivity (Wildman–Crippen MR) is 65.9 cm³/mol. The number of ether oxygens (including phenoxy) is 1. The molecule has 0 aliphatic heterocycles. The molecule has 1 rings (SSSR count). The van der Waals surface area contributed by atoms with E-state index in [1.807, 2.05) is 18.2 Å². The molecule has 0 bridgehead atoms. The zero-order valence-electron chi connectivity index (χ0n) is 9.79. The number of aromatic hydroxyl groups is 1. The van der Waals surface area contributed by atoms with Gasteiger partial charge in [0.25, 0.3) is 0 Å². The molecule has 0 saturated carbocycles. The summed E-state index contributed by atoms with van der Waals surface area (Å²) in [5, 5.41) is 9.50. The van der Waals surface area contributed by atoms with E-state index < -0.39 is 8.07 Å². The van der Waals surface area contributed by atoms with Crippen molar-refractivity contribution in [2.45, 2.75) is 32.3 Å². The summed E-state index contributed by atoms with van der Waals surface area (Å²) in [7, 11) is -0.996. The second-order valence-corrected chi connectivity index (χ2v) is 10.6. The summed E-state index contributed by atoms with van der Waals surface area (Å²) in [5.74, 6) is 0.325. The fraction of sp³-hybridized carbons (Fsp3) is 0.500. The average Bonchev–Trinajstić information content (AvgIpc) is 2.13. The van der Waals surface area contributed by atoms with E-state index in [4.69, 9.17) is 4.74 Å². The van der Waals surface area contributed by atoms with Crippen LogP contribution in [-0.2, 0) is 11.3 Å². The lowest BCUT2D eigenvalue weighted by Gasteiger charge is -2.15. The first-order valence-corrected chi connectivity index (χ1v) is 9.04. The Morgan fingerprint density at radius 2 is 1.87 bits per heavy atom. The number of para-hydroxylation sites is 1. The Bertz CT molecular complexity index is 305. The molecule has 0 aliphatic carbocycles. The van der Waals surface area contributed by atoms with Gasteiger partial charge < -0.3 is 9.84 Å². The predicted octanol–water partition coefficient (Wildman–Crippen LogP) is 3.25. The summed E-state index contributed by atoms with van der Waals surface area (Å²) in [4.78, 5) is 0. The molecule has 0 aromatic heterocycles. The van der Waals surface area contributed by atoms with Gasteiger partial charge in [-0.1, -0.05) is 37.8 Å². The number of hydrogen-bond donors (Lipinski definition) is 1.